The molecule has 4 heteroatoms. The molecule has 0 bridgehead atoms. The second-order valence-corrected chi connectivity index (χ2v) is 9.60. The lowest BCUT2D eigenvalue weighted by Crippen LogP contribution is -1.99. The fraction of sp³-hybridized carbons (Fsp3) is 0.308. The number of para-hydroxylation sites is 2. The molecule has 0 spiro atoms. The minimum atomic E-state index is 1.06. The fourth-order valence-corrected chi connectivity index (χ4v) is 5.59. The van der Waals surface area contributed by atoms with Gasteiger partial charge in [0.25, 0.3) is 0 Å². The molecule has 0 unspecified atom stereocenters. The Morgan fingerprint density at radius 2 is 0.933 bits per heavy atom. The van der Waals surface area contributed by atoms with Crippen LogP contribution in [0, 0.1) is 0 Å². The predicted molar refractivity (Wildman–Crippen MR) is 139 cm³/mol. The minimum absolute atomic E-state index is 1.06. The molecule has 0 aliphatic heterocycles. The number of aryl methyl sites for hydroxylation is 2. The van der Waals surface area contributed by atoms with Crippen molar-refractivity contribution in [2.24, 2.45) is 0 Å². The van der Waals surface area contributed by atoms with Crippen molar-refractivity contribution in [3.8, 4) is 0 Å². The Kier molecular flexibility index (Phi) is 5.88. The smallest absolute Gasteiger partial charge is 0.0499 e. The zero-order valence-electron chi connectivity index (χ0n) is 17.1. The Morgan fingerprint density at radius 3 is 1.37 bits per heavy atom. The van der Waals surface area contributed by atoms with Gasteiger partial charge in [-0.2, -0.15) is 0 Å². The molecule has 154 valence electrons. The summed E-state index contributed by atoms with van der Waals surface area (Å²) < 4.78 is 5.06. The normalized spacial score (nSPS) is 12.1. The van der Waals surface area contributed by atoms with Crippen LogP contribution in [0.2, 0.25) is 0 Å². The quantitative estimate of drug-likeness (QED) is 0.142. The highest BCUT2D eigenvalue weighted by atomic mass is 79.9. The number of aromatic nitrogens is 2. The van der Waals surface area contributed by atoms with Gasteiger partial charge < -0.3 is 9.13 Å². The highest BCUT2D eigenvalue weighted by Crippen LogP contribution is 2.37. The average molecular weight is 526 g/mol. The van der Waals surface area contributed by atoms with Crippen LogP contribution in [-0.4, -0.2) is 19.8 Å². The van der Waals surface area contributed by atoms with Crippen molar-refractivity contribution in [1.29, 1.82) is 0 Å². The Bertz CT molecular complexity index is 1230. The van der Waals surface area contributed by atoms with E-state index in [1.165, 1.54) is 69.3 Å². The van der Waals surface area contributed by atoms with E-state index in [-0.39, 0.29) is 0 Å². The number of halogens is 2. The predicted octanol–water partition coefficient (Wildman–Crippen LogP) is 8.25. The van der Waals surface area contributed by atoms with Gasteiger partial charge in [0.1, 0.15) is 0 Å². The van der Waals surface area contributed by atoms with Crippen LogP contribution in [0.25, 0.3) is 43.6 Å². The van der Waals surface area contributed by atoms with Crippen LogP contribution in [0.15, 0.2) is 60.7 Å². The van der Waals surface area contributed by atoms with Crippen LogP contribution in [0.1, 0.15) is 25.7 Å². The number of rotatable bonds is 8. The molecule has 0 aliphatic carbocycles. The maximum atomic E-state index is 3.59. The molecule has 0 fully saturated rings. The molecular formula is C26H26Br2N2. The Labute approximate surface area is 194 Å². The van der Waals surface area contributed by atoms with Gasteiger partial charge >= 0.3 is 0 Å². The van der Waals surface area contributed by atoms with Gasteiger partial charge in [0.15, 0.2) is 0 Å². The second-order valence-electron chi connectivity index (χ2n) is 8.02. The SMILES string of the molecule is BrCCCCn1c2ccccc2c2cc3c(cc21)c1ccccc1n3CCCCBr. The van der Waals surface area contributed by atoms with E-state index >= 15 is 0 Å². The molecule has 0 N–H and O–H groups in total. The third-order valence-electron chi connectivity index (χ3n) is 6.20. The zero-order valence-corrected chi connectivity index (χ0v) is 20.3. The van der Waals surface area contributed by atoms with Gasteiger partial charge in [-0.15, -0.1) is 0 Å². The summed E-state index contributed by atoms with van der Waals surface area (Å²) in [6, 6.07) is 22.7. The molecule has 5 aromatic rings. The maximum Gasteiger partial charge on any atom is 0.0499 e. The molecule has 0 atom stereocenters. The lowest BCUT2D eigenvalue weighted by molar-refractivity contribution is 0.669. The van der Waals surface area contributed by atoms with Crippen molar-refractivity contribution < 1.29 is 0 Å². The summed E-state index contributed by atoms with van der Waals surface area (Å²) in [7, 11) is 0. The van der Waals surface area contributed by atoms with Crippen LogP contribution in [0.5, 0.6) is 0 Å². The molecular weight excluding hydrogens is 500 g/mol. The highest BCUT2D eigenvalue weighted by Gasteiger charge is 2.16. The van der Waals surface area contributed by atoms with Crippen LogP contribution in [0.4, 0.5) is 0 Å². The summed E-state index contributed by atoms with van der Waals surface area (Å²) in [5.74, 6) is 0. The first-order valence-corrected chi connectivity index (χ1v) is 13.1. The fourth-order valence-electron chi connectivity index (χ4n) is 4.80. The van der Waals surface area contributed by atoms with Gasteiger partial charge in [-0.25, -0.2) is 0 Å². The number of hydrogen-bond acceptors (Lipinski definition) is 0. The molecule has 30 heavy (non-hydrogen) atoms. The number of fused-ring (bicyclic) bond motifs is 6. The Morgan fingerprint density at radius 1 is 0.500 bits per heavy atom. The van der Waals surface area contributed by atoms with Gasteiger partial charge in [-0.1, -0.05) is 68.3 Å². The lowest BCUT2D eigenvalue weighted by Gasteiger charge is -2.08. The summed E-state index contributed by atoms with van der Waals surface area (Å²) in [5.41, 5.74) is 5.43. The molecule has 2 heterocycles. The first kappa shape index (κ1) is 20.1. The molecule has 0 saturated heterocycles. The first-order chi connectivity index (χ1) is 14.8. The number of nitrogens with zero attached hydrogens (tertiary/aromatic N) is 2. The van der Waals surface area contributed by atoms with Crippen molar-refractivity contribution in [1.82, 2.24) is 9.13 Å². The third-order valence-corrected chi connectivity index (χ3v) is 7.32. The van der Waals surface area contributed by atoms with Gasteiger partial charge in [0.05, 0.1) is 0 Å². The van der Waals surface area contributed by atoms with Gasteiger partial charge in [0, 0.05) is 67.4 Å². The van der Waals surface area contributed by atoms with Crippen LogP contribution in [0.3, 0.4) is 0 Å². The molecule has 2 nitrogen and oxygen atoms in total. The third kappa shape index (κ3) is 3.38. The Balaban J connectivity index is 1.79. The lowest BCUT2D eigenvalue weighted by atomic mass is 10.1. The summed E-state index contributed by atoms with van der Waals surface area (Å²) in [5, 5.41) is 7.62. The average Bonchev–Trinajstić information content (AvgIpc) is 3.26. The van der Waals surface area contributed by atoms with Crippen LogP contribution in [-0.2, 0) is 13.1 Å². The summed E-state index contributed by atoms with van der Waals surface area (Å²) >= 11 is 7.17. The molecule has 3 aromatic carbocycles. The number of unbranched alkanes of at least 4 members (excludes halogenated alkanes) is 2. The van der Waals surface area contributed by atoms with E-state index in [0.29, 0.717) is 0 Å². The van der Waals surface area contributed by atoms with E-state index in [4.69, 9.17) is 0 Å². The molecule has 5 rings (SSSR count). The van der Waals surface area contributed by atoms with E-state index in [1.807, 2.05) is 0 Å². The van der Waals surface area contributed by atoms with Crippen LogP contribution < -0.4 is 0 Å². The molecule has 0 amide bonds. The first-order valence-electron chi connectivity index (χ1n) is 10.9. The second kappa shape index (κ2) is 8.76. The zero-order chi connectivity index (χ0) is 20.5. The summed E-state index contributed by atoms with van der Waals surface area (Å²) in [6.07, 6.45) is 4.77. The van der Waals surface area contributed by atoms with E-state index in [9.17, 15) is 0 Å². The van der Waals surface area contributed by atoms with Crippen LogP contribution >= 0.6 is 31.9 Å². The van der Waals surface area contributed by atoms with E-state index in [0.717, 1.165) is 23.7 Å². The van der Waals surface area contributed by atoms with Crippen molar-refractivity contribution >= 4 is 75.5 Å². The van der Waals surface area contributed by atoms with Crippen molar-refractivity contribution in [2.45, 2.75) is 38.8 Å². The van der Waals surface area contributed by atoms with Crippen molar-refractivity contribution in [3.05, 3.63) is 60.7 Å². The molecule has 0 saturated carbocycles. The van der Waals surface area contributed by atoms with Crippen molar-refractivity contribution in [2.75, 3.05) is 10.7 Å². The van der Waals surface area contributed by atoms with E-state index < -0.39 is 0 Å². The van der Waals surface area contributed by atoms with Gasteiger partial charge in [0.2, 0.25) is 0 Å². The van der Waals surface area contributed by atoms with E-state index in [2.05, 4.69) is 102 Å². The molecule has 0 aliphatic rings. The summed E-state index contributed by atoms with van der Waals surface area (Å²) in [4.78, 5) is 0. The van der Waals surface area contributed by atoms with Gasteiger partial charge in [-0.3, -0.25) is 0 Å². The van der Waals surface area contributed by atoms with Crippen molar-refractivity contribution in [3.63, 3.8) is 0 Å². The van der Waals surface area contributed by atoms with Gasteiger partial charge in [-0.05, 0) is 49.9 Å². The van der Waals surface area contributed by atoms with E-state index in [1.54, 1.807) is 0 Å². The molecule has 2 aromatic heterocycles. The topological polar surface area (TPSA) is 9.86 Å². The Hall–Kier alpha value is -1.78. The number of alkyl halides is 2. The highest BCUT2D eigenvalue weighted by molar-refractivity contribution is 9.09. The number of benzene rings is 3. The maximum absolute atomic E-state index is 3.59. The minimum Gasteiger partial charge on any atom is -0.340 e. The largest absolute Gasteiger partial charge is 0.340 e. The monoisotopic (exact) mass is 524 g/mol. The standard InChI is InChI=1S/C26H26Br2N2/c27-13-5-7-15-29-23-11-3-1-9-19(23)21-17-26-22(18-25(21)29)20-10-2-4-12-24(20)30(26)16-8-6-14-28/h1-4,9-12,17-18H,5-8,13-16H2. The molecule has 0 radical (unpaired) electrons. The summed E-state index contributed by atoms with van der Waals surface area (Å²) in [6.45, 7) is 2.12. The number of hydrogen-bond donors (Lipinski definition) is 0.